The monoisotopic (exact) mass is 260 g/mol. The van der Waals surface area contributed by atoms with E-state index in [2.05, 4.69) is 13.6 Å². The summed E-state index contributed by atoms with van der Waals surface area (Å²) in [4.78, 5) is 29.6. The Morgan fingerprint density at radius 3 is 1.29 bits per heavy atom. The Morgan fingerprint density at radius 2 is 1.06 bits per heavy atom. The van der Waals surface area contributed by atoms with Crippen LogP contribution in [0.1, 0.15) is 0 Å². The molecule has 0 amide bonds. The molecule has 0 aliphatic carbocycles. The third-order valence-corrected chi connectivity index (χ3v) is 2.59. The largest absolute Gasteiger partial charge is 0.475 e. The molecule has 0 aliphatic heterocycles. The molecule has 0 spiro atoms. The normalized spacial score (nSPS) is 12.5. The van der Waals surface area contributed by atoms with Gasteiger partial charge in [0.15, 0.2) is 0 Å². The average molecular weight is 260 g/mol. The first-order valence-corrected chi connectivity index (χ1v) is 5.76. The zero-order valence-electron chi connectivity index (χ0n) is 8.66. The maximum Gasteiger partial charge on any atom is 0.475 e. The van der Waals surface area contributed by atoms with Gasteiger partial charge >= 0.3 is 7.82 Å². The second-order valence-electron chi connectivity index (χ2n) is 2.30. The van der Waals surface area contributed by atoms with Gasteiger partial charge in [0.05, 0.1) is 19.8 Å². The molecule has 92 valence electrons. The van der Waals surface area contributed by atoms with Crippen molar-refractivity contribution in [3.8, 4) is 0 Å². The third-order valence-electron chi connectivity index (χ3n) is 1.20. The lowest BCUT2D eigenvalue weighted by Crippen LogP contribution is -2.01. The number of carbonyl (C=O) groups excluding carboxylic acids is 3. The van der Waals surface area contributed by atoms with Crippen LogP contribution >= 0.6 is 7.82 Å². The molecule has 0 rings (SSSR count). The van der Waals surface area contributed by atoms with E-state index in [-0.39, 0.29) is 19.8 Å². The highest BCUT2D eigenvalue weighted by atomic mass is 31.2. The van der Waals surface area contributed by atoms with Gasteiger partial charge in [0.2, 0.25) is 0 Å². The Bertz CT molecular complexity index is 349. The lowest BCUT2D eigenvalue weighted by molar-refractivity contribution is 0.141. The number of phosphoric acid groups is 1. The molecule has 0 unspecified atom stereocenters. The summed E-state index contributed by atoms with van der Waals surface area (Å²) in [5.41, 5.74) is 0. The van der Waals surface area contributed by atoms with Gasteiger partial charge in [-0.05, 0) is 0 Å². The van der Waals surface area contributed by atoms with Crippen molar-refractivity contribution in [3.63, 3.8) is 0 Å². The second-order valence-corrected chi connectivity index (χ2v) is 3.97. The first kappa shape index (κ1) is 15.5. The van der Waals surface area contributed by atoms with Crippen molar-refractivity contribution in [2.24, 2.45) is 0 Å². The molecule has 7 nitrogen and oxygen atoms in total. The first-order valence-electron chi connectivity index (χ1n) is 4.30. The summed E-state index contributed by atoms with van der Waals surface area (Å²) in [5.74, 6) is 4.21. The van der Waals surface area contributed by atoms with Crippen molar-refractivity contribution in [3.05, 3.63) is 18.2 Å². The fourth-order valence-electron chi connectivity index (χ4n) is 0.600. The van der Waals surface area contributed by atoms with E-state index < -0.39 is 7.82 Å². The quantitative estimate of drug-likeness (QED) is 0.434. The minimum atomic E-state index is -3.94. The molecule has 17 heavy (non-hydrogen) atoms. The highest BCUT2D eigenvalue weighted by Crippen LogP contribution is 2.49. The Morgan fingerprint density at radius 1 is 0.765 bits per heavy atom. The van der Waals surface area contributed by atoms with Gasteiger partial charge in [-0.3, -0.25) is 13.6 Å². The van der Waals surface area contributed by atoms with Gasteiger partial charge < -0.3 is 0 Å². The summed E-state index contributed by atoms with van der Waals surface area (Å²) in [6, 6.07) is 0. The van der Waals surface area contributed by atoms with Crippen LogP contribution in [0.25, 0.3) is 0 Å². The van der Waals surface area contributed by atoms with Crippen molar-refractivity contribution in [2.75, 3.05) is 19.8 Å². The van der Waals surface area contributed by atoms with Crippen molar-refractivity contribution >= 4 is 25.6 Å². The maximum atomic E-state index is 11.7. The zero-order valence-corrected chi connectivity index (χ0v) is 9.55. The molecule has 0 aromatic heterocycles. The fraction of sp³-hybridized carbons (Fsp3) is 0.333. The molecule has 0 aromatic rings. The van der Waals surface area contributed by atoms with Gasteiger partial charge in [0.1, 0.15) is 17.8 Å². The number of hydrogen-bond acceptors (Lipinski definition) is 7. The van der Waals surface area contributed by atoms with Crippen LogP contribution in [0.15, 0.2) is 18.2 Å². The molecule has 0 aromatic carbocycles. The van der Waals surface area contributed by atoms with Crippen LogP contribution in [-0.4, -0.2) is 37.6 Å². The highest BCUT2D eigenvalue weighted by Gasteiger charge is 2.25. The maximum absolute atomic E-state index is 11.7. The van der Waals surface area contributed by atoms with E-state index in [4.69, 9.17) is 0 Å². The van der Waals surface area contributed by atoms with E-state index >= 15 is 0 Å². The Labute approximate surface area is 97.0 Å². The lowest BCUT2D eigenvalue weighted by Gasteiger charge is -2.14. The Hall–Kier alpha value is -1.54. The molecule has 0 aliphatic rings. The summed E-state index contributed by atoms with van der Waals surface area (Å²) < 4.78 is 25.7. The third kappa shape index (κ3) is 8.29. The summed E-state index contributed by atoms with van der Waals surface area (Å²) in [6.07, 6.45) is 2.76. The standard InChI is InChI=1S/C9H9O7P/c10-4-1-7-14-17(13,15-8-2-5-11)16-9-3-6-12/h1-3H,7-9H2. The highest BCUT2D eigenvalue weighted by molar-refractivity contribution is 7.48. The summed E-state index contributed by atoms with van der Waals surface area (Å²) in [7, 11) is -3.94. The molecule has 0 heterocycles. The second kappa shape index (κ2) is 9.67. The summed E-state index contributed by atoms with van der Waals surface area (Å²) in [6.45, 7) is -1.01. The molecule has 0 N–H and O–H groups in total. The lowest BCUT2D eigenvalue weighted by atomic mass is 10.7. The van der Waals surface area contributed by atoms with Gasteiger partial charge in [-0.1, -0.05) is 0 Å². The number of phosphoric ester groups is 1. The first-order chi connectivity index (χ1) is 8.18. The van der Waals surface area contributed by atoms with E-state index in [1.807, 2.05) is 0 Å². The van der Waals surface area contributed by atoms with Crippen LogP contribution in [0.3, 0.4) is 0 Å². The van der Waals surface area contributed by atoms with Gasteiger partial charge in [-0.2, -0.15) is 0 Å². The van der Waals surface area contributed by atoms with E-state index in [1.165, 1.54) is 17.8 Å². The van der Waals surface area contributed by atoms with Crippen molar-refractivity contribution in [2.45, 2.75) is 0 Å². The molecule has 8 heteroatoms. The van der Waals surface area contributed by atoms with Crippen LogP contribution in [0, 0.1) is 0 Å². The minimum absolute atomic E-state index is 0.337. The van der Waals surface area contributed by atoms with Crippen LogP contribution in [0.2, 0.25) is 0 Å². The van der Waals surface area contributed by atoms with E-state index in [0.717, 1.165) is 18.2 Å². The number of rotatable bonds is 9. The van der Waals surface area contributed by atoms with Crippen LogP contribution in [0.4, 0.5) is 0 Å². The molecule has 0 saturated carbocycles. The molecule has 0 bridgehead atoms. The predicted molar refractivity (Wildman–Crippen MR) is 56.3 cm³/mol. The predicted octanol–water partition coefficient (Wildman–Crippen LogP) is 0.308. The Balaban J connectivity index is 4.42. The molecule has 0 fully saturated rings. The van der Waals surface area contributed by atoms with Gasteiger partial charge in [0.25, 0.3) is 0 Å². The molecular weight excluding hydrogens is 251 g/mol. The van der Waals surface area contributed by atoms with Crippen molar-refractivity contribution < 1.29 is 32.5 Å². The summed E-state index contributed by atoms with van der Waals surface area (Å²) in [5, 5.41) is 0. The van der Waals surface area contributed by atoms with Crippen molar-refractivity contribution in [1.29, 1.82) is 0 Å². The van der Waals surface area contributed by atoms with Crippen LogP contribution < -0.4 is 0 Å². The SMILES string of the molecule is O=C=CCOP(=O)(OCC=C=O)OCC=C=O. The van der Waals surface area contributed by atoms with E-state index in [9.17, 15) is 18.9 Å². The molecule has 0 atom stereocenters. The fourth-order valence-corrected chi connectivity index (χ4v) is 1.59. The smallest absolute Gasteiger partial charge is 0.282 e. The Kier molecular flexibility index (Phi) is 8.79. The minimum Gasteiger partial charge on any atom is -0.282 e. The summed E-state index contributed by atoms with van der Waals surface area (Å²) >= 11 is 0. The van der Waals surface area contributed by atoms with Crippen LogP contribution in [0.5, 0.6) is 0 Å². The molecule has 0 radical (unpaired) electrons. The zero-order chi connectivity index (χ0) is 13.0. The van der Waals surface area contributed by atoms with Gasteiger partial charge in [-0.25, -0.2) is 18.9 Å². The van der Waals surface area contributed by atoms with Crippen LogP contribution in [-0.2, 0) is 32.5 Å². The molecular formula is C9H9O7P. The average Bonchev–Trinajstić information content (AvgIpc) is 2.30. The number of hydrogen-bond donors (Lipinski definition) is 0. The van der Waals surface area contributed by atoms with Gasteiger partial charge in [-0.15, -0.1) is 0 Å². The topological polar surface area (TPSA) is 96.0 Å². The van der Waals surface area contributed by atoms with E-state index in [0.29, 0.717) is 0 Å². The van der Waals surface area contributed by atoms with Crippen molar-refractivity contribution in [1.82, 2.24) is 0 Å². The van der Waals surface area contributed by atoms with E-state index in [1.54, 1.807) is 0 Å². The molecule has 0 saturated heterocycles. The van der Waals surface area contributed by atoms with Gasteiger partial charge in [0, 0.05) is 18.2 Å².